The fourth-order valence-electron chi connectivity index (χ4n) is 5.72. The molecule has 5 atom stereocenters. The van der Waals surface area contributed by atoms with Gasteiger partial charge in [0, 0.05) is 29.6 Å². The van der Waals surface area contributed by atoms with Crippen LogP contribution in [0.25, 0.3) is 0 Å². The van der Waals surface area contributed by atoms with Gasteiger partial charge in [0.2, 0.25) is 11.8 Å². The number of aromatic nitrogens is 1. The van der Waals surface area contributed by atoms with Gasteiger partial charge in [0.05, 0.1) is 24.7 Å². The fourth-order valence-corrected chi connectivity index (χ4v) is 5.72. The number of amides is 2. The standard InChI is InChI=1S/C28H33F2N5O3/c1-5-28(4)12-23(36)35(26(31)34-28)24(15-8-17(30)14-32-13-15)18-10-19(18)25(37)33-21-11-27(2,3)38-22-7-6-16(29)9-20(21)22/h6-9,13-14,18-19,21,24H,5,10-12H2,1-4H3,(H2,31,34)(H,33,37)/t18-,19-,21?,24?,28+/m1/s1. The fraction of sp³-hybridized carbons (Fsp3) is 0.500. The number of carbonyl (C=O) groups is 2. The number of pyridine rings is 1. The minimum absolute atomic E-state index is 0.0681. The van der Waals surface area contributed by atoms with Crippen LogP contribution < -0.4 is 15.4 Å². The molecule has 1 saturated heterocycles. The van der Waals surface area contributed by atoms with E-state index in [9.17, 15) is 18.4 Å². The zero-order valence-corrected chi connectivity index (χ0v) is 22.0. The highest BCUT2D eigenvalue weighted by Crippen LogP contribution is 2.51. The van der Waals surface area contributed by atoms with Gasteiger partial charge in [-0.2, -0.15) is 0 Å². The van der Waals surface area contributed by atoms with Crippen molar-refractivity contribution in [2.24, 2.45) is 11.8 Å². The first-order valence-corrected chi connectivity index (χ1v) is 13.0. The number of fused-ring (bicyclic) bond motifs is 1. The number of ether oxygens (including phenoxy) is 1. The molecule has 3 N–H and O–H groups in total. The average molecular weight is 526 g/mol. The van der Waals surface area contributed by atoms with Crippen molar-refractivity contribution in [2.75, 3.05) is 0 Å². The second-order valence-corrected chi connectivity index (χ2v) is 11.5. The van der Waals surface area contributed by atoms with Gasteiger partial charge in [-0.05, 0) is 69.4 Å². The summed E-state index contributed by atoms with van der Waals surface area (Å²) in [5.41, 5.74) is -0.0930. The molecule has 8 nitrogen and oxygen atoms in total. The van der Waals surface area contributed by atoms with Crippen LogP contribution in [-0.2, 0) is 9.59 Å². The summed E-state index contributed by atoms with van der Waals surface area (Å²) in [4.78, 5) is 32.1. The van der Waals surface area contributed by atoms with Crippen LogP contribution in [0, 0.1) is 28.9 Å². The Morgan fingerprint density at radius 1 is 1.26 bits per heavy atom. The van der Waals surface area contributed by atoms with Crippen molar-refractivity contribution >= 4 is 17.8 Å². The van der Waals surface area contributed by atoms with Crippen molar-refractivity contribution in [3.63, 3.8) is 0 Å². The Kier molecular flexibility index (Phi) is 6.39. The number of nitrogens with one attached hydrogen (secondary N) is 3. The number of halogens is 2. The first-order valence-electron chi connectivity index (χ1n) is 13.0. The zero-order valence-electron chi connectivity index (χ0n) is 22.0. The van der Waals surface area contributed by atoms with E-state index in [0.29, 0.717) is 36.1 Å². The lowest BCUT2D eigenvalue weighted by Crippen LogP contribution is -2.61. The molecular weight excluding hydrogens is 492 g/mol. The Balaban J connectivity index is 1.40. The van der Waals surface area contributed by atoms with Crippen molar-refractivity contribution in [3.8, 4) is 5.75 Å². The first-order chi connectivity index (χ1) is 17.9. The van der Waals surface area contributed by atoms with E-state index in [1.54, 1.807) is 6.07 Å². The molecule has 2 aliphatic heterocycles. The molecule has 0 radical (unpaired) electrons. The zero-order chi connectivity index (χ0) is 27.4. The van der Waals surface area contributed by atoms with Crippen molar-refractivity contribution < 1.29 is 23.1 Å². The monoisotopic (exact) mass is 525 g/mol. The molecule has 1 aromatic heterocycles. The Morgan fingerprint density at radius 2 is 2.03 bits per heavy atom. The quantitative estimate of drug-likeness (QED) is 0.519. The summed E-state index contributed by atoms with van der Waals surface area (Å²) in [5.74, 6) is -1.80. The van der Waals surface area contributed by atoms with Gasteiger partial charge in [0.1, 0.15) is 23.0 Å². The molecule has 2 aromatic rings. The molecule has 1 aromatic carbocycles. The van der Waals surface area contributed by atoms with Gasteiger partial charge in [0.15, 0.2) is 5.96 Å². The molecule has 10 heteroatoms. The van der Waals surface area contributed by atoms with E-state index >= 15 is 0 Å². The number of nitrogens with zero attached hydrogens (tertiary/aromatic N) is 2. The van der Waals surface area contributed by atoms with Crippen molar-refractivity contribution in [1.82, 2.24) is 20.5 Å². The van der Waals surface area contributed by atoms with Gasteiger partial charge in [-0.15, -0.1) is 0 Å². The second kappa shape index (κ2) is 9.32. The van der Waals surface area contributed by atoms with Gasteiger partial charge in [-0.3, -0.25) is 24.9 Å². The molecule has 38 heavy (non-hydrogen) atoms. The largest absolute Gasteiger partial charge is 0.487 e. The van der Waals surface area contributed by atoms with Crippen LogP contribution in [0.4, 0.5) is 8.78 Å². The Morgan fingerprint density at radius 3 is 2.71 bits per heavy atom. The predicted octanol–water partition coefficient (Wildman–Crippen LogP) is 4.38. The lowest BCUT2D eigenvalue weighted by atomic mass is 9.89. The van der Waals surface area contributed by atoms with Crippen LogP contribution in [0.15, 0.2) is 36.7 Å². The van der Waals surface area contributed by atoms with Crippen LogP contribution in [0.5, 0.6) is 5.75 Å². The van der Waals surface area contributed by atoms with Crippen molar-refractivity contribution in [3.05, 3.63) is 59.4 Å². The molecule has 0 spiro atoms. The highest BCUT2D eigenvalue weighted by Gasteiger charge is 2.54. The Hall–Kier alpha value is -3.56. The topological polar surface area (TPSA) is 107 Å². The van der Waals surface area contributed by atoms with E-state index in [1.807, 2.05) is 27.7 Å². The number of guanidine groups is 1. The third-order valence-electron chi connectivity index (χ3n) is 7.93. The molecule has 202 valence electrons. The second-order valence-electron chi connectivity index (χ2n) is 11.5. The first kappa shape index (κ1) is 26.1. The number of carbonyl (C=O) groups excluding carboxylic acids is 2. The van der Waals surface area contributed by atoms with Crippen LogP contribution in [-0.4, -0.2) is 38.8 Å². The minimum Gasteiger partial charge on any atom is -0.487 e. The predicted molar refractivity (Wildman–Crippen MR) is 136 cm³/mol. The summed E-state index contributed by atoms with van der Waals surface area (Å²) in [5, 5.41) is 14.8. The molecule has 5 rings (SSSR count). The molecule has 3 heterocycles. The van der Waals surface area contributed by atoms with Crippen molar-refractivity contribution in [2.45, 2.75) is 76.6 Å². The molecule has 2 fully saturated rings. The van der Waals surface area contributed by atoms with Gasteiger partial charge in [-0.1, -0.05) is 6.92 Å². The summed E-state index contributed by atoms with van der Waals surface area (Å²) in [6, 6.07) is 4.41. The number of hydrogen-bond acceptors (Lipinski definition) is 5. The Labute approximate surface area is 220 Å². The summed E-state index contributed by atoms with van der Waals surface area (Å²) in [7, 11) is 0. The van der Waals surface area contributed by atoms with E-state index in [4.69, 9.17) is 10.1 Å². The summed E-state index contributed by atoms with van der Waals surface area (Å²) in [6.07, 6.45) is 4.30. The maximum Gasteiger partial charge on any atom is 0.232 e. The summed E-state index contributed by atoms with van der Waals surface area (Å²) < 4.78 is 34.2. The molecule has 1 aliphatic carbocycles. The normalized spacial score (nSPS) is 28.6. The van der Waals surface area contributed by atoms with Crippen LogP contribution >= 0.6 is 0 Å². The van der Waals surface area contributed by atoms with Crippen LogP contribution in [0.3, 0.4) is 0 Å². The maximum absolute atomic E-state index is 14.2. The molecule has 1 saturated carbocycles. The van der Waals surface area contributed by atoms with Gasteiger partial charge < -0.3 is 15.4 Å². The molecule has 0 bridgehead atoms. The molecule has 2 unspecified atom stereocenters. The maximum atomic E-state index is 14.2. The third-order valence-corrected chi connectivity index (χ3v) is 7.93. The van der Waals surface area contributed by atoms with E-state index in [0.717, 1.165) is 6.20 Å². The van der Waals surface area contributed by atoms with Crippen molar-refractivity contribution in [1.29, 1.82) is 5.41 Å². The third kappa shape index (κ3) is 4.96. The van der Waals surface area contributed by atoms with Gasteiger partial charge in [-0.25, -0.2) is 8.78 Å². The molecule has 3 aliphatic rings. The molecular formula is C28H33F2N5O3. The van der Waals surface area contributed by atoms with E-state index in [2.05, 4.69) is 15.6 Å². The Bertz CT molecular complexity index is 1280. The van der Waals surface area contributed by atoms with Crippen LogP contribution in [0.1, 0.15) is 76.6 Å². The lowest BCUT2D eigenvalue weighted by molar-refractivity contribution is -0.133. The summed E-state index contributed by atoms with van der Waals surface area (Å²) in [6.45, 7) is 7.66. The highest BCUT2D eigenvalue weighted by atomic mass is 19.1. The highest BCUT2D eigenvalue weighted by molar-refractivity contribution is 5.99. The molecule has 2 amide bonds. The van der Waals surface area contributed by atoms with E-state index in [-0.39, 0.29) is 30.1 Å². The number of benzene rings is 1. The minimum atomic E-state index is -0.723. The van der Waals surface area contributed by atoms with Crippen LogP contribution in [0.2, 0.25) is 0 Å². The van der Waals surface area contributed by atoms with E-state index in [1.165, 1.54) is 29.3 Å². The lowest BCUT2D eigenvalue weighted by Gasteiger charge is -2.43. The average Bonchev–Trinajstić information content (AvgIpc) is 3.62. The smallest absolute Gasteiger partial charge is 0.232 e. The van der Waals surface area contributed by atoms with Gasteiger partial charge in [0.25, 0.3) is 0 Å². The van der Waals surface area contributed by atoms with E-state index < -0.39 is 40.8 Å². The SMILES string of the molecule is CC[C@@]1(C)CC(=O)N(C(c2cncc(F)c2)[C@@H]2C[C@H]2C(=O)NC2CC(C)(C)Oc3ccc(F)cc32)C(=N)N1. The summed E-state index contributed by atoms with van der Waals surface area (Å²) >= 11 is 0. The van der Waals surface area contributed by atoms with Gasteiger partial charge >= 0.3 is 0 Å². The number of rotatable bonds is 6. The number of hydrogen-bond donors (Lipinski definition) is 3.